The van der Waals surface area contributed by atoms with Crippen molar-refractivity contribution in [3.8, 4) is 0 Å². The molecule has 0 bridgehead atoms. The average molecular weight is 569 g/mol. The van der Waals surface area contributed by atoms with Crippen LogP contribution in [0.15, 0.2) is 36.4 Å². The van der Waals surface area contributed by atoms with Crippen LogP contribution in [0.1, 0.15) is 25.8 Å². The average Bonchev–Trinajstić information content (AvgIpc) is 2.76. The molecule has 7 nitrogen and oxygen atoms in total. The van der Waals surface area contributed by atoms with Gasteiger partial charge in [-0.2, -0.15) is 0 Å². The number of carbonyl (C=O) groups excluding carboxylic acids is 2. The van der Waals surface area contributed by atoms with Gasteiger partial charge >= 0.3 is 0 Å². The molecule has 12 heteroatoms. The summed E-state index contributed by atoms with van der Waals surface area (Å²) < 4.78 is 26.0. The van der Waals surface area contributed by atoms with Crippen LogP contribution < -0.4 is 9.62 Å². The first kappa shape index (κ1) is 28.5. The lowest BCUT2D eigenvalue weighted by molar-refractivity contribution is -0.139. The third-order valence-corrected chi connectivity index (χ3v) is 7.35. The predicted molar refractivity (Wildman–Crippen MR) is 138 cm³/mol. The number of benzene rings is 2. The molecule has 0 aliphatic carbocycles. The molecule has 0 unspecified atom stereocenters. The van der Waals surface area contributed by atoms with Crippen molar-refractivity contribution in [2.75, 3.05) is 23.7 Å². The fraction of sp³-hybridized carbons (Fsp3) is 0.364. The molecule has 2 aromatic carbocycles. The highest BCUT2D eigenvalue weighted by molar-refractivity contribution is 7.92. The number of halogens is 4. The summed E-state index contributed by atoms with van der Waals surface area (Å²) >= 11 is 24.8. The highest BCUT2D eigenvalue weighted by atomic mass is 35.5. The van der Waals surface area contributed by atoms with Crippen molar-refractivity contribution in [3.05, 3.63) is 62.1 Å². The fourth-order valence-electron chi connectivity index (χ4n) is 3.10. The van der Waals surface area contributed by atoms with E-state index in [1.165, 1.54) is 23.1 Å². The second kappa shape index (κ2) is 12.3. The predicted octanol–water partition coefficient (Wildman–Crippen LogP) is 5.01. The van der Waals surface area contributed by atoms with Gasteiger partial charge in [-0.15, -0.1) is 0 Å². The molecule has 0 fully saturated rings. The van der Waals surface area contributed by atoms with Crippen LogP contribution in [0.2, 0.25) is 20.1 Å². The molecule has 2 aromatic rings. The Hall–Kier alpha value is -1.71. The van der Waals surface area contributed by atoms with Crippen molar-refractivity contribution in [2.24, 2.45) is 0 Å². The maximum absolute atomic E-state index is 13.5. The quantitative estimate of drug-likeness (QED) is 0.436. The van der Waals surface area contributed by atoms with Crippen molar-refractivity contribution in [2.45, 2.75) is 32.9 Å². The molecule has 1 atom stereocenters. The second-order valence-electron chi connectivity index (χ2n) is 7.55. The highest BCUT2D eigenvalue weighted by Crippen LogP contribution is 2.31. The molecule has 0 spiro atoms. The molecule has 186 valence electrons. The summed E-state index contributed by atoms with van der Waals surface area (Å²) in [5.41, 5.74) is 0.477. The molecule has 0 radical (unpaired) electrons. The third kappa shape index (κ3) is 7.39. The first-order valence-electron chi connectivity index (χ1n) is 10.3. The molecule has 0 aliphatic heterocycles. The molecule has 2 rings (SSSR count). The largest absolute Gasteiger partial charge is 0.354 e. The minimum atomic E-state index is -3.95. The van der Waals surface area contributed by atoms with Crippen LogP contribution in [0, 0.1) is 0 Å². The summed E-state index contributed by atoms with van der Waals surface area (Å²) in [6.45, 7) is 3.14. The van der Waals surface area contributed by atoms with Crippen LogP contribution in [-0.2, 0) is 26.2 Å². The minimum absolute atomic E-state index is 0.0452. The van der Waals surface area contributed by atoms with E-state index >= 15 is 0 Å². The number of rotatable bonds is 10. The van der Waals surface area contributed by atoms with Crippen LogP contribution in [-0.4, -0.2) is 50.5 Å². The Balaban J connectivity index is 2.48. The first-order chi connectivity index (χ1) is 15.9. The molecule has 0 aliphatic rings. The molecule has 2 amide bonds. The van der Waals surface area contributed by atoms with Crippen LogP contribution in [0.4, 0.5) is 5.69 Å². The zero-order valence-corrected chi connectivity index (χ0v) is 22.7. The van der Waals surface area contributed by atoms with Gasteiger partial charge in [0.1, 0.15) is 12.6 Å². The van der Waals surface area contributed by atoms with Crippen molar-refractivity contribution < 1.29 is 18.0 Å². The number of nitrogens with one attached hydrogen (secondary N) is 1. The van der Waals surface area contributed by atoms with E-state index in [9.17, 15) is 18.0 Å². The molecular formula is C22H25Cl4N3O4S. The summed E-state index contributed by atoms with van der Waals surface area (Å²) in [5.74, 6) is -1.05. The van der Waals surface area contributed by atoms with Gasteiger partial charge in [0.05, 0.1) is 17.0 Å². The van der Waals surface area contributed by atoms with Crippen LogP contribution >= 0.6 is 46.4 Å². The Kier molecular flexibility index (Phi) is 10.3. The fourth-order valence-corrected chi connectivity index (χ4v) is 4.91. The number of nitrogens with zero attached hydrogens (tertiary/aromatic N) is 2. The van der Waals surface area contributed by atoms with Gasteiger partial charge in [0, 0.05) is 33.7 Å². The summed E-state index contributed by atoms with van der Waals surface area (Å²) in [7, 11) is -3.95. The Morgan fingerprint density at radius 2 is 1.65 bits per heavy atom. The van der Waals surface area contributed by atoms with Crippen LogP contribution in [0.3, 0.4) is 0 Å². The van der Waals surface area contributed by atoms with Gasteiger partial charge in [-0.05, 0) is 43.7 Å². The van der Waals surface area contributed by atoms with E-state index in [1.54, 1.807) is 25.1 Å². The molecule has 0 aromatic heterocycles. The van der Waals surface area contributed by atoms with Crippen LogP contribution in [0.25, 0.3) is 0 Å². The molecule has 1 N–H and O–H groups in total. The van der Waals surface area contributed by atoms with Gasteiger partial charge in [0.25, 0.3) is 0 Å². The van der Waals surface area contributed by atoms with E-state index in [0.717, 1.165) is 10.6 Å². The number of anilines is 1. The standard InChI is InChI=1S/C22H25Cl4N3O4S/c1-4-10-27-22(31)14(2)28(12-16-17(24)6-5-7-18(16)25)21(30)13-29(34(3,32)33)20-11-15(23)8-9-19(20)26/h5-9,11,14H,4,10,12-13H2,1-3H3,(H,27,31)/t14-/m0/s1. The van der Waals surface area contributed by atoms with Crippen molar-refractivity contribution in [3.63, 3.8) is 0 Å². The summed E-state index contributed by atoms with van der Waals surface area (Å²) in [6, 6.07) is 8.23. The van der Waals surface area contributed by atoms with Gasteiger partial charge in [-0.25, -0.2) is 8.42 Å². The lowest BCUT2D eigenvalue weighted by Gasteiger charge is -2.32. The van der Waals surface area contributed by atoms with Crippen molar-refractivity contribution in [1.82, 2.24) is 10.2 Å². The van der Waals surface area contributed by atoms with E-state index in [2.05, 4.69) is 5.32 Å². The van der Waals surface area contributed by atoms with E-state index < -0.39 is 34.4 Å². The monoisotopic (exact) mass is 567 g/mol. The van der Waals surface area contributed by atoms with Gasteiger partial charge in [0.15, 0.2) is 0 Å². The molecule has 0 heterocycles. The van der Waals surface area contributed by atoms with E-state index in [0.29, 0.717) is 28.6 Å². The Bertz CT molecular complexity index is 1140. The second-order valence-corrected chi connectivity index (χ2v) is 11.1. The maximum atomic E-state index is 13.5. The van der Waals surface area contributed by atoms with E-state index in [1.807, 2.05) is 6.92 Å². The topological polar surface area (TPSA) is 86.8 Å². The molecule has 34 heavy (non-hydrogen) atoms. The lowest BCUT2D eigenvalue weighted by Crippen LogP contribution is -2.51. The smallest absolute Gasteiger partial charge is 0.244 e. The van der Waals surface area contributed by atoms with Crippen LogP contribution in [0.5, 0.6) is 0 Å². The van der Waals surface area contributed by atoms with Crippen molar-refractivity contribution in [1.29, 1.82) is 0 Å². The summed E-state index contributed by atoms with van der Waals surface area (Å²) in [4.78, 5) is 27.4. The normalized spacial score (nSPS) is 12.2. The Morgan fingerprint density at radius 3 is 2.21 bits per heavy atom. The number of amides is 2. The third-order valence-electron chi connectivity index (χ3n) is 4.96. The van der Waals surface area contributed by atoms with Gasteiger partial charge in [0.2, 0.25) is 21.8 Å². The number of sulfonamides is 1. The molecule has 0 saturated carbocycles. The SMILES string of the molecule is CCCNC(=O)[C@H](C)N(Cc1c(Cl)cccc1Cl)C(=O)CN(c1cc(Cl)ccc1Cl)S(C)(=O)=O. The number of hydrogen-bond donors (Lipinski definition) is 1. The van der Waals surface area contributed by atoms with E-state index in [-0.39, 0.29) is 22.3 Å². The van der Waals surface area contributed by atoms with Gasteiger partial charge in [-0.1, -0.05) is 59.4 Å². The lowest BCUT2D eigenvalue weighted by atomic mass is 10.1. The maximum Gasteiger partial charge on any atom is 0.244 e. The summed E-state index contributed by atoms with van der Waals surface area (Å²) in [6.07, 6.45) is 1.65. The number of carbonyl (C=O) groups is 2. The minimum Gasteiger partial charge on any atom is -0.354 e. The first-order valence-corrected chi connectivity index (χ1v) is 13.7. The van der Waals surface area contributed by atoms with E-state index in [4.69, 9.17) is 46.4 Å². The van der Waals surface area contributed by atoms with Gasteiger partial charge < -0.3 is 10.2 Å². The Morgan fingerprint density at radius 1 is 1.03 bits per heavy atom. The molecule has 0 saturated heterocycles. The summed E-state index contributed by atoms with van der Waals surface area (Å²) in [5, 5.41) is 3.70. The Labute approximate surface area is 220 Å². The zero-order valence-electron chi connectivity index (χ0n) is 18.8. The molecular weight excluding hydrogens is 544 g/mol. The van der Waals surface area contributed by atoms with Crippen molar-refractivity contribution >= 4 is 73.9 Å². The highest BCUT2D eigenvalue weighted by Gasteiger charge is 2.31. The van der Waals surface area contributed by atoms with Gasteiger partial charge in [-0.3, -0.25) is 13.9 Å². The number of hydrogen-bond acceptors (Lipinski definition) is 4. The zero-order chi connectivity index (χ0) is 25.6.